The number of alkyl halides is 1. The van der Waals surface area contributed by atoms with Gasteiger partial charge in [-0.15, -0.1) is 11.6 Å². The predicted octanol–water partition coefficient (Wildman–Crippen LogP) is 3.13. The maximum absolute atomic E-state index is 6.21. The first kappa shape index (κ1) is 10.8. The van der Waals surface area contributed by atoms with E-state index in [0.29, 0.717) is 11.3 Å². The fraction of sp³-hybridized carbons (Fsp3) is 1.00. The summed E-state index contributed by atoms with van der Waals surface area (Å²) in [7, 11) is 0. The highest BCUT2D eigenvalue weighted by molar-refractivity contribution is 6.21. The van der Waals surface area contributed by atoms with E-state index < -0.39 is 0 Å². The molecule has 14 heavy (non-hydrogen) atoms. The molecule has 0 amide bonds. The lowest BCUT2D eigenvalue weighted by Crippen LogP contribution is -2.23. The molecule has 82 valence electrons. The minimum absolute atomic E-state index is 0.401. The Bertz CT molecular complexity index is 167. The van der Waals surface area contributed by atoms with Crippen LogP contribution in [-0.4, -0.2) is 29.9 Å². The second kappa shape index (κ2) is 4.85. The van der Waals surface area contributed by atoms with E-state index in [1.54, 1.807) is 0 Å². The summed E-state index contributed by atoms with van der Waals surface area (Å²) in [5, 5.41) is 0.401. The average Bonchev–Trinajstić information content (AvgIpc) is 2.74. The maximum atomic E-state index is 6.21. The normalized spacial score (nSPS) is 35.6. The highest BCUT2D eigenvalue weighted by Gasteiger charge is 2.28. The second-order valence-electron chi connectivity index (χ2n) is 5.19. The van der Waals surface area contributed by atoms with Crippen LogP contribution in [0.15, 0.2) is 0 Å². The van der Waals surface area contributed by atoms with Crippen molar-refractivity contribution in [3.63, 3.8) is 0 Å². The van der Waals surface area contributed by atoms with Crippen molar-refractivity contribution >= 4 is 11.6 Å². The van der Waals surface area contributed by atoms with Crippen LogP contribution in [0, 0.1) is 11.8 Å². The van der Waals surface area contributed by atoms with Crippen molar-refractivity contribution in [2.24, 2.45) is 11.8 Å². The lowest BCUT2D eigenvalue weighted by molar-refractivity contribution is 0.295. The first-order valence-electron chi connectivity index (χ1n) is 6.12. The molecule has 2 atom stereocenters. The van der Waals surface area contributed by atoms with Crippen LogP contribution >= 0.6 is 11.6 Å². The molecule has 0 N–H and O–H groups in total. The number of hydrogen-bond acceptors (Lipinski definition) is 1. The first-order chi connectivity index (χ1) is 6.75. The van der Waals surface area contributed by atoms with Gasteiger partial charge in [0.2, 0.25) is 0 Å². The molecule has 1 aliphatic heterocycles. The van der Waals surface area contributed by atoms with E-state index in [-0.39, 0.29) is 0 Å². The molecule has 2 heteroatoms. The molecule has 1 saturated heterocycles. The van der Waals surface area contributed by atoms with Crippen molar-refractivity contribution in [1.29, 1.82) is 0 Å². The fourth-order valence-corrected chi connectivity index (χ4v) is 3.14. The van der Waals surface area contributed by atoms with Gasteiger partial charge in [0, 0.05) is 13.1 Å². The van der Waals surface area contributed by atoms with Crippen LogP contribution in [0.1, 0.15) is 39.0 Å². The van der Waals surface area contributed by atoms with Crippen LogP contribution in [0.25, 0.3) is 0 Å². The van der Waals surface area contributed by atoms with Gasteiger partial charge in [-0.25, -0.2) is 0 Å². The van der Waals surface area contributed by atoms with Crippen molar-refractivity contribution in [2.75, 3.05) is 19.6 Å². The molecule has 0 radical (unpaired) electrons. The molecule has 0 spiro atoms. The van der Waals surface area contributed by atoms with Crippen molar-refractivity contribution in [3.05, 3.63) is 0 Å². The zero-order chi connectivity index (χ0) is 9.97. The molecular weight excluding hydrogens is 194 g/mol. The molecule has 0 aromatic heterocycles. The molecule has 0 aromatic carbocycles. The van der Waals surface area contributed by atoms with E-state index in [0.717, 1.165) is 12.5 Å². The maximum Gasteiger partial charge on any atom is 0.0500 e. The molecule has 2 unspecified atom stereocenters. The van der Waals surface area contributed by atoms with Gasteiger partial charge in [0.05, 0.1) is 5.38 Å². The smallest absolute Gasteiger partial charge is 0.0500 e. The average molecular weight is 216 g/mol. The molecular formula is C12H22ClN. The highest BCUT2D eigenvalue weighted by atomic mass is 35.5. The molecule has 0 bridgehead atoms. The summed E-state index contributed by atoms with van der Waals surface area (Å²) in [4.78, 5) is 2.56. The van der Waals surface area contributed by atoms with Gasteiger partial charge in [-0.05, 0) is 24.8 Å². The van der Waals surface area contributed by atoms with E-state index in [1.165, 1.54) is 45.2 Å². The molecule has 2 aliphatic rings. The Morgan fingerprint density at radius 3 is 2.50 bits per heavy atom. The summed E-state index contributed by atoms with van der Waals surface area (Å²) in [6.45, 7) is 5.90. The third kappa shape index (κ3) is 2.64. The van der Waals surface area contributed by atoms with Gasteiger partial charge in [0.1, 0.15) is 0 Å². The van der Waals surface area contributed by atoms with Gasteiger partial charge in [-0.2, -0.15) is 0 Å². The first-order valence-corrected chi connectivity index (χ1v) is 6.56. The molecule has 0 aromatic rings. The van der Waals surface area contributed by atoms with Gasteiger partial charge in [0.25, 0.3) is 0 Å². The van der Waals surface area contributed by atoms with Crippen LogP contribution in [0.5, 0.6) is 0 Å². The third-order valence-electron chi connectivity index (χ3n) is 3.92. The zero-order valence-corrected chi connectivity index (χ0v) is 9.97. The van der Waals surface area contributed by atoms with E-state index in [1.807, 2.05) is 0 Å². The SMILES string of the molecule is CC1CN(CCC2CCCC2)CC1Cl. The zero-order valence-electron chi connectivity index (χ0n) is 9.21. The molecule has 1 heterocycles. The molecule has 1 nitrogen and oxygen atoms in total. The monoisotopic (exact) mass is 215 g/mol. The standard InChI is InChI=1S/C12H22ClN/c1-10-8-14(9-12(10)13)7-6-11-4-2-3-5-11/h10-12H,2-9H2,1H3. The van der Waals surface area contributed by atoms with Crippen LogP contribution in [-0.2, 0) is 0 Å². The predicted molar refractivity (Wildman–Crippen MR) is 61.8 cm³/mol. The van der Waals surface area contributed by atoms with Crippen molar-refractivity contribution in [1.82, 2.24) is 4.90 Å². The lowest BCUT2D eigenvalue weighted by Gasteiger charge is -2.17. The Kier molecular flexibility index (Phi) is 3.73. The van der Waals surface area contributed by atoms with Crippen molar-refractivity contribution < 1.29 is 0 Å². The minimum Gasteiger partial charge on any atom is -0.302 e. The Morgan fingerprint density at radius 2 is 1.93 bits per heavy atom. The van der Waals surface area contributed by atoms with Crippen molar-refractivity contribution in [2.45, 2.75) is 44.4 Å². The Hall–Kier alpha value is 0.250. The summed E-state index contributed by atoms with van der Waals surface area (Å²) < 4.78 is 0. The number of likely N-dealkylation sites (tertiary alicyclic amines) is 1. The van der Waals surface area contributed by atoms with E-state index >= 15 is 0 Å². The summed E-state index contributed by atoms with van der Waals surface area (Å²) in [5.74, 6) is 1.72. The Labute approximate surface area is 92.8 Å². The minimum atomic E-state index is 0.401. The molecule has 2 rings (SSSR count). The topological polar surface area (TPSA) is 3.24 Å². The highest BCUT2D eigenvalue weighted by Crippen LogP contribution is 2.29. The summed E-state index contributed by atoms with van der Waals surface area (Å²) in [5.41, 5.74) is 0. The molecule has 2 fully saturated rings. The number of hydrogen-bond donors (Lipinski definition) is 0. The van der Waals surface area contributed by atoms with Crippen LogP contribution < -0.4 is 0 Å². The Balaban J connectivity index is 1.66. The summed E-state index contributed by atoms with van der Waals surface area (Å²) in [6.07, 6.45) is 7.32. The van der Waals surface area contributed by atoms with Gasteiger partial charge in [-0.3, -0.25) is 0 Å². The van der Waals surface area contributed by atoms with Crippen LogP contribution in [0.2, 0.25) is 0 Å². The van der Waals surface area contributed by atoms with Gasteiger partial charge in [-0.1, -0.05) is 32.6 Å². The third-order valence-corrected chi connectivity index (χ3v) is 4.49. The quantitative estimate of drug-likeness (QED) is 0.654. The summed E-state index contributed by atoms with van der Waals surface area (Å²) >= 11 is 6.21. The molecule has 1 aliphatic carbocycles. The number of nitrogens with zero attached hydrogens (tertiary/aromatic N) is 1. The van der Waals surface area contributed by atoms with E-state index in [2.05, 4.69) is 11.8 Å². The van der Waals surface area contributed by atoms with Crippen molar-refractivity contribution in [3.8, 4) is 0 Å². The molecule has 1 saturated carbocycles. The lowest BCUT2D eigenvalue weighted by atomic mass is 10.0. The number of rotatable bonds is 3. The second-order valence-corrected chi connectivity index (χ2v) is 5.75. The Morgan fingerprint density at radius 1 is 1.21 bits per heavy atom. The van der Waals surface area contributed by atoms with E-state index in [4.69, 9.17) is 11.6 Å². The van der Waals surface area contributed by atoms with Gasteiger partial charge in [0.15, 0.2) is 0 Å². The van der Waals surface area contributed by atoms with Gasteiger partial charge >= 0.3 is 0 Å². The van der Waals surface area contributed by atoms with Crippen LogP contribution in [0.4, 0.5) is 0 Å². The largest absolute Gasteiger partial charge is 0.302 e. The van der Waals surface area contributed by atoms with E-state index in [9.17, 15) is 0 Å². The fourth-order valence-electron chi connectivity index (χ4n) is 2.87. The summed E-state index contributed by atoms with van der Waals surface area (Å²) in [6, 6.07) is 0. The van der Waals surface area contributed by atoms with Crippen LogP contribution in [0.3, 0.4) is 0 Å². The number of halogens is 1. The van der Waals surface area contributed by atoms with Gasteiger partial charge < -0.3 is 4.90 Å².